The number of H-pyrrole nitrogens is 1. The summed E-state index contributed by atoms with van der Waals surface area (Å²) in [6.07, 6.45) is 0. The number of hydrazine groups is 1. The first kappa shape index (κ1) is 20.2. The summed E-state index contributed by atoms with van der Waals surface area (Å²) < 4.78 is 5.38. The van der Waals surface area contributed by atoms with E-state index in [1.165, 1.54) is 11.0 Å². The molecule has 1 heterocycles. The van der Waals surface area contributed by atoms with Gasteiger partial charge in [-0.3, -0.25) is 25.2 Å². The van der Waals surface area contributed by atoms with Gasteiger partial charge in [-0.25, -0.2) is 0 Å². The van der Waals surface area contributed by atoms with Crippen LogP contribution in [0.2, 0.25) is 5.02 Å². The lowest BCUT2D eigenvalue weighted by atomic mass is 10.2. The zero-order chi connectivity index (χ0) is 21.0. The van der Waals surface area contributed by atoms with Crippen LogP contribution in [0.15, 0.2) is 48.5 Å². The number of amides is 3. The third kappa shape index (κ3) is 5.05. The van der Waals surface area contributed by atoms with Gasteiger partial charge in [0.2, 0.25) is 0 Å². The van der Waals surface area contributed by atoms with Gasteiger partial charge in [-0.1, -0.05) is 17.7 Å². The molecule has 0 bridgehead atoms. The Kier molecular flexibility index (Phi) is 6.04. The molecule has 3 aromatic rings. The van der Waals surface area contributed by atoms with Crippen molar-refractivity contribution < 1.29 is 19.1 Å². The predicted octanol–water partition coefficient (Wildman–Crippen LogP) is 2.36. The van der Waals surface area contributed by atoms with Gasteiger partial charge >= 0.3 is 0 Å². The molecule has 0 fully saturated rings. The number of hydrogen-bond donors (Lipinski definition) is 3. The van der Waals surface area contributed by atoms with Crippen LogP contribution >= 0.6 is 11.6 Å². The summed E-state index contributed by atoms with van der Waals surface area (Å²) in [7, 11) is 3.25. The smallest absolute Gasteiger partial charge is 0.286 e. The van der Waals surface area contributed by atoms with Crippen LogP contribution in [-0.2, 0) is 4.79 Å². The van der Waals surface area contributed by atoms with Crippen LogP contribution in [0, 0.1) is 0 Å². The summed E-state index contributed by atoms with van der Waals surface area (Å²) >= 11 is 5.94. The lowest BCUT2D eigenvalue weighted by Crippen LogP contribution is -2.41. The number of aromatic nitrogens is 1. The Morgan fingerprint density at radius 2 is 1.79 bits per heavy atom. The summed E-state index contributed by atoms with van der Waals surface area (Å²) in [6.45, 7) is -0.140. The lowest BCUT2D eigenvalue weighted by Gasteiger charge is -2.12. The molecule has 0 unspecified atom stereocenters. The molecule has 0 spiro atoms. The molecular weight excluding hydrogens is 396 g/mol. The molecule has 29 heavy (non-hydrogen) atoms. The van der Waals surface area contributed by atoms with Gasteiger partial charge < -0.3 is 14.6 Å². The number of aromatic amines is 1. The van der Waals surface area contributed by atoms with Gasteiger partial charge in [0.1, 0.15) is 11.4 Å². The standard InChI is InChI=1S/C20H19ClN4O4/c1-25(2)18(26)11-29-15-5-3-4-12(9-15)19(27)23-24-20(28)17-10-13-8-14(21)6-7-16(13)22-17/h3-10,22H,11H2,1-2H3,(H,23,27)(H,24,28). The van der Waals surface area contributed by atoms with E-state index < -0.39 is 11.8 Å². The molecule has 3 N–H and O–H groups in total. The van der Waals surface area contributed by atoms with E-state index >= 15 is 0 Å². The highest BCUT2D eigenvalue weighted by atomic mass is 35.5. The minimum Gasteiger partial charge on any atom is -0.484 e. The van der Waals surface area contributed by atoms with E-state index in [0.717, 1.165) is 10.9 Å². The number of carbonyl (C=O) groups excluding carboxylic acids is 3. The van der Waals surface area contributed by atoms with E-state index in [4.69, 9.17) is 16.3 Å². The van der Waals surface area contributed by atoms with Crippen molar-refractivity contribution in [2.75, 3.05) is 20.7 Å². The molecule has 2 aromatic carbocycles. The largest absolute Gasteiger partial charge is 0.484 e. The monoisotopic (exact) mass is 414 g/mol. The Labute approximate surface area is 171 Å². The molecule has 0 aliphatic rings. The average Bonchev–Trinajstić information content (AvgIpc) is 3.13. The molecule has 0 saturated carbocycles. The zero-order valence-electron chi connectivity index (χ0n) is 15.8. The van der Waals surface area contributed by atoms with Gasteiger partial charge in [0.25, 0.3) is 17.7 Å². The van der Waals surface area contributed by atoms with E-state index in [0.29, 0.717) is 10.8 Å². The SMILES string of the molecule is CN(C)C(=O)COc1cccc(C(=O)NNC(=O)c2cc3cc(Cl)ccc3[nH]2)c1. The molecule has 0 atom stereocenters. The number of ether oxygens (including phenoxy) is 1. The minimum atomic E-state index is -0.526. The van der Waals surface area contributed by atoms with Crippen molar-refractivity contribution in [2.24, 2.45) is 0 Å². The van der Waals surface area contributed by atoms with Gasteiger partial charge in [-0.15, -0.1) is 0 Å². The number of carbonyl (C=O) groups is 3. The maximum atomic E-state index is 12.3. The fourth-order valence-corrected chi connectivity index (χ4v) is 2.66. The van der Waals surface area contributed by atoms with Crippen LogP contribution in [0.4, 0.5) is 0 Å². The number of halogens is 1. The first-order chi connectivity index (χ1) is 13.8. The molecular formula is C20H19ClN4O4. The van der Waals surface area contributed by atoms with Crippen molar-refractivity contribution >= 4 is 40.2 Å². The Morgan fingerprint density at radius 3 is 2.55 bits per heavy atom. The first-order valence-corrected chi connectivity index (χ1v) is 9.03. The number of nitrogens with one attached hydrogen (secondary N) is 3. The van der Waals surface area contributed by atoms with Crippen molar-refractivity contribution in [3.05, 3.63) is 64.8 Å². The van der Waals surface area contributed by atoms with E-state index in [-0.39, 0.29) is 23.8 Å². The summed E-state index contributed by atoms with van der Waals surface area (Å²) in [5.41, 5.74) is 6.00. The molecule has 9 heteroatoms. The number of nitrogens with zero attached hydrogens (tertiary/aromatic N) is 1. The maximum Gasteiger partial charge on any atom is 0.286 e. The highest BCUT2D eigenvalue weighted by molar-refractivity contribution is 6.31. The molecule has 0 radical (unpaired) electrons. The molecule has 3 amide bonds. The van der Waals surface area contributed by atoms with Crippen LogP contribution in [-0.4, -0.2) is 48.3 Å². The van der Waals surface area contributed by atoms with Crippen LogP contribution in [0.5, 0.6) is 5.75 Å². The number of hydrogen-bond acceptors (Lipinski definition) is 4. The summed E-state index contributed by atoms with van der Waals surface area (Å²) in [5.74, 6) is -0.866. The molecule has 0 saturated heterocycles. The Morgan fingerprint density at radius 1 is 1.03 bits per heavy atom. The maximum absolute atomic E-state index is 12.3. The van der Waals surface area contributed by atoms with Crippen LogP contribution < -0.4 is 15.6 Å². The van der Waals surface area contributed by atoms with Crippen molar-refractivity contribution in [1.29, 1.82) is 0 Å². The summed E-state index contributed by atoms with van der Waals surface area (Å²) in [6, 6.07) is 13.1. The van der Waals surface area contributed by atoms with E-state index in [1.54, 1.807) is 56.6 Å². The number of likely N-dealkylation sites (N-methyl/N-ethyl adjacent to an activating group) is 1. The van der Waals surface area contributed by atoms with Gasteiger partial charge in [0.05, 0.1) is 0 Å². The lowest BCUT2D eigenvalue weighted by molar-refractivity contribution is -0.130. The molecule has 3 rings (SSSR count). The second kappa shape index (κ2) is 8.66. The molecule has 150 valence electrons. The average molecular weight is 415 g/mol. The molecule has 8 nitrogen and oxygen atoms in total. The van der Waals surface area contributed by atoms with Crippen LogP contribution in [0.25, 0.3) is 10.9 Å². The van der Waals surface area contributed by atoms with Crippen molar-refractivity contribution in [2.45, 2.75) is 0 Å². The predicted molar refractivity (Wildman–Crippen MR) is 109 cm³/mol. The number of fused-ring (bicyclic) bond motifs is 1. The van der Waals surface area contributed by atoms with Gasteiger partial charge in [0, 0.05) is 35.6 Å². The second-order valence-electron chi connectivity index (χ2n) is 6.43. The molecule has 1 aromatic heterocycles. The first-order valence-electron chi connectivity index (χ1n) is 8.65. The Bertz CT molecular complexity index is 1080. The van der Waals surface area contributed by atoms with E-state index in [2.05, 4.69) is 15.8 Å². The van der Waals surface area contributed by atoms with Crippen LogP contribution in [0.3, 0.4) is 0 Å². The minimum absolute atomic E-state index is 0.140. The topological polar surface area (TPSA) is 104 Å². The fourth-order valence-electron chi connectivity index (χ4n) is 2.48. The van der Waals surface area contributed by atoms with E-state index in [1.807, 2.05) is 0 Å². The Hall–Kier alpha value is -3.52. The number of rotatable bonds is 5. The van der Waals surface area contributed by atoms with Crippen molar-refractivity contribution in [3.63, 3.8) is 0 Å². The van der Waals surface area contributed by atoms with Gasteiger partial charge in [-0.2, -0.15) is 0 Å². The zero-order valence-corrected chi connectivity index (χ0v) is 16.5. The molecule has 0 aliphatic carbocycles. The van der Waals surface area contributed by atoms with E-state index in [9.17, 15) is 14.4 Å². The Balaban J connectivity index is 1.60. The normalized spacial score (nSPS) is 10.4. The summed E-state index contributed by atoms with van der Waals surface area (Å²) in [5, 5.41) is 1.34. The number of benzene rings is 2. The third-order valence-electron chi connectivity index (χ3n) is 4.07. The van der Waals surface area contributed by atoms with Crippen LogP contribution in [0.1, 0.15) is 20.8 Å². The second-order valence-corrected chi connectivity index (χ2v) is 6.86. The highest BCUT2D eigenvalue weighted by Crippen LogP contribution is 2.20. The fraction of sp³-hybridized carbons (Fsp3) is 0.150. The quantitative estimate of drug-likeness (QED) is 0.557. The van der Waals surface area contributed by atoms with Gasteiger partial charge in [0.15, 0.2) is 6.61 Å². The third-order valence-corrected chi connectivity index (χ3v) is 4.31. The summed E-state index contributed by atoms with van der Waals surface area (Å²) in [4.78, 5) is 40.6. The molecule has 0 aliphatic heterocycles. The van der Waals surface area contributed by atoms with Crippen molar-refractivity contribution in [1.82, 2.24) is 20.7 Å². The highest BCUT2D eigenvalue weighted by Gasteiger charge is 2.13. The van der Waals surface area contributed by atoms with Crippen molar-refractivity contribution in [3.8, 4) is 5.75 Å². The van der Waals surface area contributed by atoms with Gasteiger partial charge in [-0.05, 0) is 42.5 Å².